The molecule has 0 rings (SSSR count). The van der Waals surface area contributed by atoms with Gasteiger partial charge in [0.1, 0.15) is 0 Å². The van der Waals surface area contributed by atoms with Gasteiger partial charge < -0.3 is 0 Å². The van der Waals surface area contributed by atoms with E-state index in [1.807, 2.05) is 0 Å². The fourth-order valence-corrected chi connectivity index (χ4v) is 1.15. The molecular weight excluding hydrogens is 144 g/mol. The van der Waals surface area contributed by atoms with E-state index >= 15 is 0 Å². The van der Waals surface area contributed by atoms with Gasteiger partial charge in [0.05, 0.1) is 0 Å². The summed E-state index contributed by atoms with van der Waals surface area (Å²) in [7, 11) is 0. The molecule has 0 aromatic rings. The number of allylic oxidation sites excluding steroid dienone is 1. The summed E-state index contributed by atoms with van der Waals surface area (Å²) in [5.74, 6) is 0.863. The molecule has 0 aromatic carbocycles. The molecule has 12 heavy (non-hydrogen) atoms. The van der Waals surface area contributed by atoms with Crippen LogP contribution in [0.1, 0.15) is 52.4 Å². The Balaban J connectivity index is 3.31. The summed E-state index contributed by atoms with van der Waals surface area (Å²) in [6.45, 7) is 12.5. The average molecular weight is 167 g/mol. The SMILES string of the molecule is [CH2]CCCC(=C)CCC(C)CC. The van der Waals surface area contributed by atoms with Gasteiger partial charge in [-0.15, -0.1) is 0 Å². The molecule has 0 heteroatoms. The van der Waals surface area contributed by atoms with Crippen LogP contribution in [0.5, 0.6) is 0 Å². The zero-order valence-electron chi connectivity index (χ0n) is 8.73. The first-order valence-corrected chi connectivity index (χ1v) is 5.16. The summed E-state index contributed by atoms with van der Waals surface area (Å²) in [6.07, 6.45) is 7.26. The Labute approximate surface area is 78.1 Å². The summed E-state index contributed by atoms with van der Waals surface area (Å²) >= 11 is 0. The Bertz CT molecular complexity index is 113. The molecule has 0 aromatic heterocycles. The van der Waals surface area contributed by atoms with Crippen LogP contribution in [0.25, 0.3) is 0 Å². The van der Waals surface area contributed by atoms with Gasteiger partial charge in [-0.25, -0.2) is 0 Å². The van der Waals surface area contributed by atoms with Crippen molar-refractivity contribution in [2.45, 2.75) is 52.4 Å². The smallest absolute Gasteiger partial charge is 0.0320 e. The van der Waals surface area contributed by atoms with Crippen molar-refractivity contribution in [3.63, 3.8) is 0 Å². The van der Waals surface area contributed by atoms with Crippen molar-refractivity contribution in [2.24, 2.45) is 5.92 Å². The normalized spacial score (nSPS) is 12.9. The van der Waals surface area contributed by atoms with Crippen molar-refractivity contribution in [1.29, 1.82) is 0 Å². The summed E-state index contributed by atoms with van der Waals surface area (Å²) in [4.78, 5) is 0. The molecule has 0 saturated heterocycles. The maximum absolute atomic E-state index is 4.07. The highest BCUT2D eigenvalue weighted by atomic mass is 14.1. The van der Waals surface area contributed by atoms with Gasteiger partial charge in [-0.1, -0.05) is 45.8 Å². The molecule has 0 aliphatic heterocycles. The fraction of sp³-hybridized carbons (Fsp3) is 0.750. The van der Waals surface area contributed by atoms with Gasteiger partial charge in [0.15, 0.2) is 0 Å². The highest BCUT2D eigenvalue weighted by molar-refractivity contribution is 4.93. The summed E-state index contributed by atoms with van der Waals surface area (Å²) < 4.78 is 0. The number of unbranched alkanes of at least 4 members (excludes halogenated alkanes) is 1. The zero-order chi connectivity index (χ0) is 9.40. The van der Waals surface area contributed by atoms with E-state index in [2.05, 4.69) is 27.4 Å². The second kappa shape index (κ2) is 7.39. The van der Waals surface area contributed by atoms with Crippen molar-refractivity contribution in [1.82, 2.24) is 0 Å². The number of hydrogen-bond acceptors (Lipinski definition) is 0. The fourth-order valence-electron chi connectivity index (χ4n) is 1.15. The Morgan fingerprint density at radius 2 is 2.00 bits per heavy atom. The lowest BCUT2D eigenvalue weighted by Gasteiger charge is -2.09. The molecule has 0 aliphatic carbocycles. The molecule has 0 N–H and O–H groups in total. The number of hydrogen-bond donors (Lipinski definition) is 0. The zero-order valence-corrected chi connectivity index (χ0v) is 8.73. The van der Waals surface area contributed by atoms with Crippen molar-refractivity contribution in [2.75, 3.05) is 0 Å². The third kappa shape index (κ3) is 6.45. The Kier molecular flexibility index (Phi) is 7.23. The molecule has 0 heterocycles. The van der Waals surface area contributed by atoms with Crippen LogP contribution in [0.3, 0.4) is 0 Å². The van der Waals surface area contributed by atoms with E-state index in [0.29, 0.717) is 0 Å². The molecule has 0 saturated carbocycles. The molecule has 0 fully saturated rings. The van der Waals surface area contributed by atoms with Crippen molar-refractivity contribution >= 4 is 0 Å². The second-order valence-electron chi connectivity index (χ2n) is 3.76. The van der Waals surface area contributed by atoms with E-state index in [1.54, 1.807) is 0 Å². The van der Waals surface area contributed by atoms with Gasteiger partial charge in [0.2, 0.25) is 0 Å². The van der Waals surface area contributed by atoms with E-state index in [4.69, 9.17) is 0 Å². The first kappa shape index (κ1) is 11.7. The van der Waals surface area contributed by atoms with E-state index in [1.165, 1.54) is 37.7 Å². The highest BCUT2D eigenvalue weighted by Gasteiger charge is 2.00. The lowest BCUT2D eigenvalue weighted by molar-refractivity contribution is 0.510. The quantitative estimate of drug-likeness (QED) is 0.494. The molecular formula is C12H23. The van der Waals surface area contributed by atoms with E-state index < -0.39 is 0 Å². The molecule has 0 bridgehead atoms. The van der Waals surface area contributed by atoms with Crippen molar-refractivity contribution in [3.05, 3.63) is 19.1 Å². The summed E-state index contributed by atoms with van der Waals surface area (Å²) in [5, 5.41) is 0. The van der Waals surface area contributed by atoms with Crippen LogP contribution in [0.15, 0.2) is 12.2 Å². The minimum atomic E-state index is 0.863. The standard InChI is InChI=1S/C12H23/c1-5-7-8-12(4)10-9-11(3)6-2/h11H,1,4-10H2,2-3H3. The maximum atomic E-state index is 4.07. The van der Waals surface area contributed by atoms with E-state index in [-0.39, 0.29) is 0 Å². The van der Waals surface area contributed by atoms with Gasteiger partial charge in [-0.05, 0) is 31.6 Å². The first-order valence-electron chi connectivity index (χ1n) is 5.16. The van der Waals surface area contributed by atoms with Crippen LogP contribution in [-0.4, -0.2) is 0 Å². The Morgan fingerprint density at radius 3 is 2.50 bits per heavy atom. The monoisotopic (exact) mass is 167 g/mol. The van der Waals surface area contributed by atoms with Crippen LogP contribution >= 0.6 is 0 Å². The molecule has 0 spiro atoms. The summed E-state index contributed by atoms with van der Waals surface area (Å²) in [5.41, 5.74) is 1.42. The molecule has 0 nitrogen and oxygen atoms in total. The van der Waals surface area contributed by atoms with Gasteiger partial charge >= 0.3 is 0 Å². The minimum absolute atomic E-state index is 0.863. The topological polar surface area (TPSA) is 0 Å². The van der Waals surface area contributed by atoms with E-state index in [0.717, 1.165) is 12.3 Å². The van der Waals surface area contributed by atoms with Gasteiger partial charge in [-0.3, -0.25) is 0 Å². The minimum Gasteiger partial charge on any atom is -0.0999 e. The lowest BCUT2D eigenvalue weighted by Crippen LogP contribution is -1.93. The lowest BCUT2D eigenvalue weighted by atomic mass is 9.97. The highest BCUT2D eigenvalue weighted by Crippen LogP contribution is 2.16. The van der Waals surface area contributed by atoms with Gasteiger partial charge in [-0.2, -0.15) is 0 Å². The summed E-state index contributed by atoms with van der Waals surface area (Å²) in [6, 6.07) is 0. The maximum Gasteiger partial charge on any atom is -0.0320 e. The van der Waals surface area contributed by atoms with Crippen LogP contribution in [0, 0.1) is 12.8 Å². The Morgan fingerprint density at radius 1 is 1.33 bits per heavy atom. The van der Waals surface area contributed by atoms with Crippen molar-refractivity contribution in [3.8, 4) is 0 Å². The molecule has 1 atom stereocenters. The predicted octanol–water partition coefficient (Wildman–Crippen LogP) is 4.37. The average Bonchev–Trinajstić information content (AvgIpc) is 2.10. The van der Waals surface area contributed by atoms with Crippen LogP contribution in [0.2, 0.25) is 0 Å². The second-order valence-corrected chi connectivity index (χ2v) is 3.76. The largest absolute Gasteiger partial charge is 0.0999 e. The Hall–Kier alpha value is -0.260. The van der Waals surface area contributed by atoms with Crippen LogP contribution in [-0.2, 0) is 0 Å². The van der Waals surface area contributed by atoms with Crippen molar-refractivity contribution < 1.29 is 0 Å². The van der Waals surface area contributed by atoms with Gasteiger partial charge in [0.25, 0.3) is 0 Å². The van der Waals surface area contributed by atoms with E-state index in [9.17, 15) is 0 Å². The van der Waals surface area contributed by atoms with Gasteiger partial charge in [0, 0.05) is 0 Å². The third-order valence-corrected chi connectivity index (χ3v) is 2.47. The predicted molar refractivity (Wildman–Crippen MR) is 57.0 cm³/mol. The molecule has 1 radical (unpaired) electrons. The van der Waals surface area contributed by atoms with Crippen LogP contribution in [0.4, 0.5) is 0 Å². The third-order valence-electron chi connectivity index (χ3n) is 2.47. The first-order chi connectivity index (χ1) is 5.70. The molecule has 0 amide bonds. The molecule has 0 aliphatic rings. The molecule has 1 unspecified atom stereocenters. The molecule has 71 valence electrons. The van der Waals surface area contributed by atoms with Crippen LogP contribution < -0.4 is 0 Å². The number of rotatable bonds is 7.